The molecule has 0 saturated carbocycles. The van der Waals surface area contributed by atoms with Gasteiger partial charge in [-0.05, 0) is 42.8 Å². The average molecular weight is 375 g/mol. The Bertz CT molecular complexity index is 845. The summed E-state index contributed by atoms with van der Waals surface area (Å²) in [6.07, 6.45) is 1.29. The number of amides is 4. The number of nitrogens with one attached hydrogen (secondary N) is 2. The third kappa shape index (κ3) is 3.09. The predicted molar refractivity (Wildman–Crippen MR) is 86.2 cm³/mol. The molecule has 6 nitrogen and oxygen atoms in total. The molecule has 0 unspecified atom stereocenters. The van der Waals surface area contributed by atoms with Gasteiger partial charge in [0.15, 0.2) is 0 Å². The summed E-state index contributed by atoms with van der Waals surface area (Å²) in [7, 11) is 0. The Balaban J connectivity index is 1.93. The lowest BCUT2D eigenvalue weighted by Gasteiger charge is -2.13. The van der Waals surface area contributed by atoms with E-state index in [2.05, 4.69) is 15.9 Å². The molecule has 1 aliphatic rings. The van der Waals surface area contributed by atoms with Crippen molar-refractivity contribution in [3.05, 3.63) is 51.7 Å². The van der Waals surface area contributed by atoms with E-state index in [4.69, 9.17) is 4.42 Å². The van der Waals surface area contributed by atoms with Gasteiger partial charge in [-0.2, -0.15) is 0 Å². The lowest BCUT2D eigenvalue weighted by Crippen LogP contribution is -2.51. The van der Waals surface area contributed by atoms with Gasteiger partial charge in [-0.3, -0.25) is 20.2 Å². The second kappa shape index (κ2) is 5.85. The van der Waals surface area contributed by atoms with Crippen LogP contribution in [0, 0.1) is 6.92 Å². The molecule has 1 saturated heterocycles. The highest BCUT2D eigenvalue weighted by molar-refractivity contribution is 9.10. The van der Waals surface area contributed by atoms with Crippen molar-refractivity contribution in [2.75, 3.05) is 0 Å². The molecule has 2 aromatic rings. The van der Waals surface area contributed by atoms with Crippen molar-refractivity contribution in [1.82, 2.24) is 10.6 Å². The smallest absolute Gasteiger partial charge is 0.328 e. The Morgan fingerprint density at radius 1 is 1.04 bits per heavy atom. The maximum Gasteiger partial charge on any atom is 0.328 e. The van der Waals surface area contributed by atoms with Gasteiger partial charge in [0, 0.05) is 10.0 Å². The van der Waals surface area contributed by atoms with E-state index in [-0.39, 0.29) is 5.57 Å². The first kappa shape index (κ1) is 15.2. The fourth-order valence-electron chi connectivity index (χ4n) is 2.14. The minimum atomic E-state index is -0.833. The summed E-state index contributed by atoms with van der Waals surface area (Å²) in [5.74, 6) is -0.583. The highest BCUT2D eigenvalue weighted by atomic mass is 79.9. The third-order valence-corrected chi connectivity index (χ3v) is 3.90. The number of imide groups is 2. The predicted octanol–water partition coefficient (Wildman–Crippen LogP) is 2.77. The minimum Gasteiger partial charge on any atom is -0.457 e. The van der Waals surface area contributed by atoms with Crippen LogP contribution in [0.4, 0.5) is 4.79 Å². The number of hydrogen-bond acceptors (Lipinski definition) is 4. The van der Waals surface area contributed by atoms with E-state index in [9.17, 15) is 14.4 Å². The van der Waals surface area contributed by atoms with Crippen LogP contribution in [-0.4, -0.2) is 17.8 Å². The van der Waals surface area contributed by atoms with Gasteiger partial charge in [0.2, 0.25) is 0 Å². The van der Waals surface area contributed by atoms with E-state index < -0.39 is 17.8 Å². The first-order valence-electron chi connectivity index (χ1n) is 6.69. The van der Waals surface area contributed by atoms with Crippen LogP contribution >= 0.6 is 15.9 Å². The van der Waals surface area contributed by atoms with Crippen LogP contribution in [0.2, 0.25) is 0 Å². The monoisotopic (exact) mass is 374 g/mol. The lowest BCUT2D eigenvalue weighted by atomic mass is 10.1. The summed E-state index contributed by atoms with van der Waals surface area (Å²) >= 11 is 3.48. The molecule has 1 fully saturated rings. The Kier molecular flexibility index (Phi) is 3.87. The molecule has 4 amide bonds. The molecule has 0 spiro atoms. The molecule has 3 rings (SSSR count). The van der Waals surface area contributed by atoms with Crippen LogP contribution in [0.5, 0.6) is 0 Å². The average Bonchev–Trinajstić information content (AvgIpc) is 2.91. The van der Waals surface area contributed by atoms with E-state index >= 15 is 0 Å². The van der Waals surface area contributed by atoms with Crippen molar-refractivity contribution in [3.8, 4) is 11.3 Å². The molecule has 1 aromatic carbocycles. The van der Waals surface area contributed by atoms with E-state index in [1.165, 1.54) is 6.08 Å². The zero-order chi connectivity index (χ0) is 16.6. The fourth-order valence-corrected chi connectivity index (χ4v) is 2.83. The van der Waals surface area contributed by atoms with Crippen molar-refractivity contribution in [2.45, 2.75) is 6.92 Å². The number of carbonyl (C=O) groups is 3. The quantitative estimate of drug-likeness (QED) is 0.624. The Morgan fingerprint density at radius 3 is 2.39 bits per heavy atom. The van der Waals surface area contributed by atoms with Gasteiger partial charge in [0.1, 0.15) is 17.1 Å². The molecular formula is C16H11BrN2O4. The van der Waals surface area contributed by atoms with Gasteiger partial charge >= 0.3 is 6.03 Å². The summed E-state index contributed by atoms with van der Waals surface area (Å²) < 4.78 is 6.54. The van der Waals surface area contributed by atoms with E-state index in [1.807, 2.05) is 35.8 Å². The third-order valence-electron chi connectivity index (χ3n) is 3.25. The number of aryl methyl sites for hydroxylation is 1. The van der Waals surface area contributed by atoms with Crippen LogP contribution in [0.3, 0.4) is 0 Å². The minimum absolute atomic E-state index is 0.187. The molecule has 23 heavy (non-hydrogen) atoms. The van der Waals surface area contributed by atoms with Gasteiger partial charge < -0.3 is 4.42 Å². The molecule has 0 bridgehead atoms. The van der Waals surface area contributed by atoms with Crippen LogP contribution < -0.4 is 10.6 Å². The van der Waals surface area contributed by atoms with Gasteiger partial charge in [-0.25, -0.2) is 4.79 Å². The van der Waals surface area contributed by atoms with Gasteiger partial charge in [-0.15, -0.1) is 0 Å². The van der Waals surface area contributed by atoms with Crippen molar-refractivity contribution < 1.29 is 18.8 Å². The van der Waals surface area contributed by atoms with Crippen LogP contribution in [0.1, 0.15) is 11.3 Å². The Morgan fingerprint density at radius 2 is 1.74 bits per heavy atom. The number of furan rings is 1. The molecule has 116 valence electrons. The number of halogens is 1. The van der Waals surface area contributed by atoms with E-state index in [1.54, 1.807) is 12.1 Å². The van der Waals surface area contributed by atoms with Crippen LogP contribution in [0.15, 0.2) is 44.8 Å². The summed E-state index contributed by atoms with van der Waals surface area (Å²) in [5, 5.41) is 4.01. The number of benzene rings is 1. The molecule has 1 aromatic heterocycles. The molecular weight excluding hydrogens is 364 g/mol. The van der Waals surface area contributed by atoms with Gasteiger partial charge in [0.05, 0.1) is 0 Å². The fraction of sp³-hybridized carbons (Fsp3) is 0.0625. The normalized spacial score (nSPS) is 14.5. The first-order chi connectivity index (χ1) is 10.9. The molecule has 0 aliphatic carbocycles. The molecule has 2 N–H and O–H groups in total. The molecule has 7 heteroatoms. The highest BCUT2D eigenvalue weighted by Gasteiger charge is 2.28. The van der Waals surface area contributed by atoms with E-state index in [0.717, 1.165) is 15.6 Å². The summed E-state index contributed by atoms with van der Waals surface area (Å²) in [5.41, 5.74) is 1.77. The number of urea groups is 1. The van der Waals surface area contributed by atoms with Crippen LogP contribution in [0.25, 0.3) is 17.4 Å². The summed E-state index contributed by atoms with van der Waals surface area (Å²) in [6, 6.07) is 8.38. The van der Waals surface area contributed by atoms with E-state index in [0.29, 0.717) is 11.5 Å². The second-order valence-electron chi connectivity index (χ2n) is 4.98. The zero-order valence-corrected chi connectivity index (χ0v) is 13.6. The zero-order valence-electron chi connectivity index (χ0n) is 12.0. The van der Waals surface area contributed by atoms with Crippen molar-refractivity contribution in [1.29, 1.82) is 0 Å². The number of barbiturate groups is 1. The number of rotatable bonds is 2. The SMILES string of the molecule is Cc1ccc(-c2ccc(C=C3C(=O)NC(=O)NC3=O)o2)c(Br)c1. The van der Waals surface area contributed by atoms with Gasteiger partial charge in [0.25, 0.3) is 11.8 Å². The number of hydrogen-bond donors (Lipinski definition) is 2. The first-order valence-corrected chi connectivity index (χ1v) is 7.48. The second-order valence-corrected chi connectivity index (χ2v) is 5.84. The van der Waals surface area contributed by atoms with Gasteiger partial charge in [-0.1, -0.05) is 22.0 Å². The summed E-state index contributed by atoms with van der Waals surface area (Å²) in [4.78, 5) is 34.4. The van der Waals surface area contributed by atoms with Crippen LogP contribution in [-0.2, 0) is 9.59 Å². The van der Waals surface area contributed by atoms with Crippen molar-refractivity contribution in [2.24, 2.45) is 0 Å². The summed E-state index contributed by atoms with van der Waals surface area (Å²) in [6.45, 7) is 1.98. The van der Waals surface area contributed by atoms with Crippen molar-refractivity contribution in [3.63, 3.8) is 0 Å². The maximum atomic E-state index is 11.7. The molecule has 0 atom stereocenters. The molecule has 0 radical (unpaired) electrons. The maximum absolute atomic E-state index is 11.7. The molecule has 1 aliphatic heterocycles. The highest BCUT2D eigenvalue weighted by Crippen LogP contribution is 2.31. The molecule has 2 heterocycles. The Hall–Kier alpha value is -2.67. The lowest BCUT2D eigenvalue weighted by molar-refractivity contribution is -0.123. The Labute approximate surface area is 139 Å². The van der Waals surface area contributed by atoms with Crippen molar-refractivity contribution >= 4 is 39.9 Å². The standard InChI is InChI=1S/C16H11BrN2O4/c1-8-2-4-10(12(17)6-8)13-5-3-9(23-13)7-11-14(20)18-16(22)19-15(11)21/h2-7H,1H3,(H2,18,19,20,21,22). The largest absolute Gasteiger partial charge is 0.457 e. The number of carbonyl (C=O) groups excluding carboxylic acids is 3. The topological polar surface area (TPSA) is 88.4 Å².